The first-order chi connectivity index (χ1) is 13.1. The molecule has 0 aliphatic heterocycles. The molecule has 0 bridgehead atoms. The summed E-state index contributed by atoms with van der Waals surface area (Å²) in [5.41, 5.74) is 2.41. The standard InChI is InChI=1S/C21H24O6/c1-23-13-15(8-6-14-7-9-18(24-2)17(22)10-14)16-11-19(25-3)21(27-5)20(12-16)26-4/h6-13,22H,1-5H3/b8-6+,15-13+. The van der Waals surface area contributed by atoms with Crippen molar-refractivity contribution < 1.29 is 28.8 Å². The summed E-state index contributed by atoms with van der Waals surface area (Å²) in [6, 6.07) is 8.84. The predicted molar refractivity (Wildman–Crippen MR) is 105 cm³/mol. The van der Waals surface area contributed by atoms with Crippen molar-refractivity contribution >= 4 is 11.6 Å². The fraction of sp³-hybridized carbons (Fsp3) is 0.238. The number of methoxy groups -OCH3 is 5. The summed E-state index contributed by atoms with van der Waals surface area (Å²) >= 11 is 0. The molecule has 0 aromatic heterocycles. The van der Waals surface area contributed by atoms with Gasteiger partial charge in [0.05, 0.1) is 41.8 Å². The van der Waals surface area contributed by atoms with Crippen molar-refractivity contribution in [2.75, 3.05) is 35.5 Å². The van der Waals surface area contributed by atoms with Crippen LogP contribution in [0.15, 0.2) is 42.7 Å². The summed E-state index contributed by atoms with van der Waals surface area (Å²) in [4.78, 5) is 0. The lowest BCUT2D eigenvalue weighted by atomic mass is 10.0. The third-order valence-electron chi connectivity index (χ3n) is 3.90. The minimum absolute atomic E-state index is 0.0738. The highest BCUT2D eigenvalue weighted by molar-refractivity contribution is 5.80. The number of allylic oxidation sites excluding steroid dienone is 2. The highest BCUT2D eigenvalue weighted by atomic mass is 16.5. The van der Waals surface area contributed by atoms with Crippen LogP contribution in [0, 0.1) is 0 Å². The molecule has 2 rings (SSSR count). The van der Waals surface area contributed by atoms with Gasteiger partial charge in [0.15, 0.2) is 23.0 Å². The van der Waals surface area contributed by atoms with Crippen molar-refractivity contribution in [2.45, 2.75) is 0 Å². The summed E-state index contributed by atoms with van der Waals surface area (Å²) in [6.07, 6.45) is 5.33. The second-order valence-corrected chi connectivity index (χ2v) is 5.49. The molecule has 0 atom stereocenters. The Morgan fingerprint density at radius 2 is 1.44 bits per heavy atom. The molecule has 144 valence electrons. The largest absolute Gasteiger partial charge is 0.504 e. The molecule has 2 aromatic carbocycles. The van der Waals surface area contributed by atoms with Gasteiger partial charge in [-0.25, -0.2) is 0 Å². The number of phenols is 1. The van der Waals surface area contributed by atoms with Crippen LogP contribution in [0.5, 0.6) is 28.7 Å². The maximum absolute atomic E-state index is 9.93. The summed E-state index contributed by atoms with van der Waals surface area (Å²) in [7, 11) is 7.77. The van der Waals surface area contributed by atoms with Crippen molar-refractivity contribution in [3.63, 3.8) is 0 Å². The Labute approximate surface area is 159 Å². The van der Waals surface area contributed by atoms with E-state index in [1.165, 1.54) is 7.11 Å². The summed E-state index contributed by atoms with van der Waals surface area (Å²) in [6.45, 7) is 0. The maximum atomic E-state index is 9.93. The lowest BCUT2D eigenvalue weighted by Crippen LogP contribution is -1.96. The van der Waals surface area contributed by atoms with Crippen LogP contribution in [0.4, 0.5) is 0 Å². The molecule has 0 unspecified atom stereocenters. The fourth-order valence-electron chi connectivity index (χ4n) is 2.57. The van der Waals surface area contributed by atoms with Crippen molar-refractivity contribution in [3.05, 3.63) is 53.8 Å². The fourth-order valence-corrected chi connectivity index (χ4v) is 2.57. The molecule has 2 aromatic rings. The first-order valence-corrected chi connectivity index (χ1v) is 8.16. The second-order valence-electron chi connectivity index (χ2n) is 5.49. The van der Waals surface area contributed by atoms with Crippen LogP contribution in [-0.4, -0.2) is 40.7 Å². The molecule has 0 heterocycles. The van der Waals surface area contributed by atoms with Crippen molar-refractivity contribution in [3.8, 4) is 28.7 Å². The van der Waals surface area contributed by atoms with Crippen LogP contribution in [0.1, 0.15) is 11.1 Å². The van der Waals surface area contributed by atoms with E-state index in [9.17, 15) is 5.11 Å². The van der Waals surface area contributed by atoms with Gasteiger partial charge in [0.25, 0.3) is 0 Å². The highest BCUT2D eigenvalue weighted by Crippen LogP contribution is 2.40. The Morgan fingerprint density at radius 3 is 1.93 bits per heavy atom. The molecule has 0 fully saturated rings. The first-order valence-electron chi connectivity index (χ1n) is 8.16. The molecule has 0 amide bonds. The minimum Gasteiger partial charge on any atom is -0.504 e. The van der Waals surface area contributed by atoms with E-state index in [-0.39, 0.29) is 5.75 Å². The number of rotatable bonds is 8. The Morgan fingerprint density at radius 1 is 0.815 bits per heavy atom. The van der Waals surface area contributed by atoms with Gasteiger partial charge in [-0.1, -0.05) is 18.2 Å². The van der Waals surface area contributed by atoms with Gasteiger partial charge in [-0.3, -0.25) is 0 Å². The number of benzene rings is 2. The van der Waals surface area contributed by atoms with Crippen molar-refractivity contribution in [1.82, 2.24) is 0 Å². The maximum Gasteiger partial charge on any atom is 0.203 e. The summed E-state index contributed by atoms with van der Waals surface area (Å²) in [5, 5.41) is 9.93. The van der Waals surface area contributed by atoms with Gasteiger partial charge < -0.3 is 28.8 Å². The van der Waals surface area contributed by atoms with Crippen LogP contribution in [0.25, 0.3) is 11.6 Å². The van der Waals surface area contributed by atoms with Crippen LogP contribution in [0.2, 0.25) is 0 Å². The molecule has 0 saturated heterocycles. The van der Waals surface area contributed by atoms with E-state index in [0.717, 1.165) is 16.7 Å². The Bertz CT molecular complexity index is 814. The molecule has 6 nitrogen and oxygen atoms in total. The van der Waals surface area contributed by atoms with Gasteiger partial charge in [0.2, 0.25) is 5.75 Å². The number of hydrogen-bond donors (Lipinski definition) is 1. The van der Waals surface area contributed by atoms with E-state index in [2.05, 4.69) is 0 Å². The van der Waals surface area contributed by atoms with E-state index >= 15 is 0 Å². The minimum atomic E-state index is 0.0738. The lowest BCUT2D eigenvalue weighted by molar-refractivity contribution is 0.324. The van der Waals surface area contributed by atoms with Crippen LogP contribution in [-0.2, 0) is 4.74 Å². The third kappa shape index (κ3) is 4.67. The van der Waals surface area contributed by atoms with Crippen LogP contribution in [0.3, 0.4) is 0 Å². The van der Waals surface area contributed by atoms with Gasteiger partial charge in [-0.05, 0) is 35.4 Å². The average Bonchev–Trinajstić information content (AvgIpc) is 2.69. The molecular formula is C21H24O6. The molecule has 6 heteroatoms. The van der Waals surface area contributed by atoms with Gasteiger partial charge in [-0.15, -0.1) is 0 Å². The normalized spacial score (nSPS) is 11.4. The van der Waals surface area contributed by atoms with Gasteiger partial charge in [-0.2, -0.15) is 0 Å². The topological polar surface area (TPSA) is 66.4 Å². The van der Waals surface area contributed by atoms with Gasteiger partial charge in [0, 0.05) is 5.57 Å². The molecule has 27 heavy (non-hydrogen) atoms. The molecule has 1 N–H and O–H groups in total. The Hall–Kier alpha value is -3.28. The van der Waals surface area contributed by atoms with E-state index < -0.39 is 0 Å². The first kappa shape index (κ1) is 20.0. The molecule has 0 radical (unpaired) electrons. The van der Waals surface area contributed by atoms with E-state index in [4.69, 9.17) is 23.7 Å². The highest BCUT2D eigenvalue weighted by Gasteiger charge is 2.14. The zero-order valence-electron chi connectivity index (χ0n) is 16.1. The molecular weight excluding hydrogens is 348 g/mol. The van der Waals surface area contributed by atoms with Crippen LogP contribution < -0.4 is 18.9 Å². The molecule has 0 saturated carbocycles. The lowest BCUT2D eigenvalue weighted by Gasteiger charge is -2.14. The van der Waals surface area contributed by atoms with E-state index in [0.29, 0.717) is 23.0 Å². The second kappa shape index (κ2) is 9.43. The van der Waals surface area contributed by atoms with E-state index in [1.807, 2.05) is 30.4 Å². The SMILES string of the molecule is CO/C=C(\C=C\c1ccc(OC)c(O)c1)c1cc(OC)c(OC)c(OC)c1. The predicted octanol–water partition coefficient (Wildman–Crippen LogP) is 4.13. The smallest absolute Gasteiger partial charge is 0.203 e. The zero-order chi connectivity index (χ0) is 19.8. The average molecular weight is 372 g/mol. The quantitative estimate of drug-likeness (QED) is 0.555. The van der Waals surface area contributed by atoms with Crippen molar-refractivity contribution in [1.29, 1.82) is 0 Å². The molecule has 0 aliphatic carbocycles. The molecule has 0 aliphatic rings. The van der Waals surface area contributed by atoms with Gasteiger partial charge in [0.1, 0.15) is 0 Å². The number of aromatic hydroxyl groups is 1. The van der Waals surface area contributed by atoms with E-state index in [1.54, 1.807) is 46.8 Å². The molecule has 0 spiro atoms. The number of hydrogen-bond acceptors (Lipinski definition) is 6. The zero-order valence-corrected chi connectivity index (χ0v) is 16.1. The third-order valence-corrected chi connectivity index (χ3v) is 3.90. The number of phenolic OH excluding ortho intramolecular Hbond substituents is 1. The Kier molecular flexibility index (Phi) is 7.00. The van der Waals surface area contributed by atoms with Gasteiger partial charge >= 0.3 is 0 Å². The monoisotopic (exact) mass is 372 g/mol. The van der Waals surface area contributed by atoms with Crippen LogP contribution >= 0.6 is 0 Å². The summed E-state index contributed by atoms with van der Waals surface area (Å²) in [5.74, 6) is 2.10. The Balaban J connectivity index is 2.43. The summed E-state index contributed by atoms with van der Waals surface area (Å²) < 4.78 is 26.5. The van der Waals surface area contributed by atoms with Crippen molar-refractivity contribution in [2.24, 2.45) is 0 Å². The number of ether oxygens (including phenoxy) is 5.